The number of ether oxygens (including phenoxy) is 1. The molecular weight excluding hydrogens is 410 g/mol. The maximum Gasteiger partial charge on any atom is 0.271 e. The van der Waals surface area contributed by atoms with E-state index < -0.39 is 10.0 Å². The Kier molecular flexibility index (Phi) is 5.37. The van der Waals surface area contributed by atoms with Crippen LogP contribution < -0.4 is 9.46 Å². The van der Waals surface area contributed by atoms with Crippen molar-refractivity contribution in [1.29, 1.82) is 0 Å². The first-order chi connectivity index (χ1) is 13.9. The Morgan fingerprint density at radius 2 is 2.03 bits per heavy atom. The molecule has 0 radical (unpaired) electrons. The van der Waals surface area contributed by atoms with Crippen molar-refractivity contribution in [2.24, 2.45) is 0 Å². The molecule has 0 saturated heterocycles. The van der Waals surface area contributed by atoms with E-state index in [9.17, 15) is 8.42 Å². The third kappa shape index (κ3) is 3.90. The Morgan fingerprint density at radius 1 is 1.21 bits per heavy atom. The minimum absolute atomic E-state index is 0.232. The van der Waals surface area contributed by atoms with E-state index in [4.69, 9.17) is 9.26 Å². The first-order valence-corrected chi connectivity index (χ1v) is 11.6. The van der Waals surface area contributed by atoms with E-state index in [2.05, 4.69) is 28.9 Å². The van der Waals surface area contributed by atoms with Crippen LogP contribution >= 0.6 is 11.3 Å². The second kappa shape index (κ2) is 7.81. The summed E-state index contributed by atoms with van der Waals surface area (Å²) in [5, 5.41) is 3.67. The van der Waals surface area contributed by atoms with Gasteiger partial charge in [-0.2, -0.15) is 0 Å². The quantitative estimate of drug-likeness (QED) is 0.639. The topological polar surface area (TPSA) is 84.7 Å². The summed E-state index contributed by atoms with van der Waals surface area (Å²) in [4.78, 5) is 2.92. The monoisotopic (exact) mass is 433 g/mol. The van der Waals surface area contributed by atoms with Crippen LogP contribution in [0.4, 0.5) is 5.69 Å². The van der Waals surface area contributed by atoms with Crippen LogP contribution in [0.25, 0.3) is 10.6 Å². The fourth-order valence-corrected chi connectivity index (χ4v) is 6.05. The molecule has 1 aromatic carbocycles. The number of fused-ring (bicyclic) bond motifs is 1. The molecule has 4 rings (SSSR count). The minimum atomic E-state index is -3.71. The molecule has 0 amide bonds. The number of likely N-dealkylation sites (N-methyl/N-ethyl adjacent to an activating group) is 1. The molecular formula is C20H23N3O4S2. The summed E-state index contributed by atoms with van der Waals surface area (Å²) in [6.07, 6.45) is 4.12. The molecule has 1 unspecified atom stereocenters. The van der Waals surface area contributed by atoms with E-state index in [0.717, 1.165) is 47.5 Å². The number of sulfonamides is 1. The molecule has 29 heavy (non-hydrogen) atoms. The fourth-order valence-electron chi connectivity index (χ4n) is 3.69. The van der Waals surface area contributed by atoms with E-state index in [0.29, 0.717) is 22.4 Å². The predicted molar refractivity (Wildman–Crippen MR) is 113 cm³/mol. The molecule has 154 valence electrons. The number of hydrogen-bond acceptors (Lipinski definition) is 7. The number of anilines is 1. The zero-order chi connectivity index (χ0) is 20.6. The summed E-state index contributed by atoms with van der Waals surface area (Å²) in [6, 6.07) is 9.05. The Hall–Kier alpha value is -2.36. The van der Waals surface area contributed by atoms with E-state index in [1.165, 1.54) is 6.20 Å². The standard InChI is InChI=1S/C20H23N3O4S2/c1-23(2)13-4-5-14-15(12-13)17(26-3)7-6-16(14)22-29(24,25)20-9-8-19(28-20)18-10-11-21-27-18/h6-11,13,22H,4-5,12H2,1-3H3. The molecule has 3 aromatic rings. The number of methoxy groups -OCH3 is 1. The van der Waals surface area contributed by atoms with Crippen molar-refractivity contribution in [2.75, 3.05) is 25.9 Å². The normalized spacial score (nSPS) is 16.6. The minimum Gasteiger partial charge on any atom is -0.496 e. The van der Waals surface area contributed by atoms with Gasteiger partial charge < -0.3 is 14.2 Å². The maximum absolute atomic E-state index is 13.0. The smallest absolute Gasteiger partial charge is 0.271 e. The van der Waals surface area contributed by atoms with Crippen LogP contribution in [0.15, 0.2) is 45.3 Å². The number of thiophene rings is 1. The average Bonchev–Trinajstić information content (AvgIpc) is 3.39. The summed E-state index contributed by atoms with van der Waals surface area (Å²) >= 11 is 1.15. The molecule has 2 aromatic heterocycles. The van der Waals surface area contributed by atoms with Crippen molar-refractivity contribution in [3.63, 3.8) is 0 Å². The van der Waals surface area contributed by atoms with Crippen LogP contribution in [0.3, 0.4) is 0 Å². The number of hydrogen-bond donors (Lipinski definition) is 1. The second-order valence-electron chi connectivity index (χ2n) is 7.23. The van der Waals surface area contributed by atoms with Gasteiger partial charge in [0.15, 0.2) is 5.76 Å². The fraction of sp³-hybridized carbons (Fsp3) is 0.350. The Morgan fingerprint density at radius 3 is 2.72 bits per heavy atom. The molecule has 7 nitrogen and oxygen atoms in total. The molecule has 1 aliphatic rings. The first kappa shape index (κ1) is 19.9. The SMILES string of the molecule is COc1ccc(NS(=O)(=O)c2ccc(-c3ccno3)s2)c2c1CC(N(C)C)CC2. The Bertz CT molecular complexity index is 1100. The highest BCUT2D eigenvalue weighted by Gasteiger charge is 2.27. The largest absolute Gasteiger partial charge is 0.496 e. The Labute approximate surface area is 174 Å². The molecule has 0 saturated carbocycles. The first-order valence-electron chi connectivity index (χ1n) is 9.28. The third-order valence-corrected chi connectivity index (χ3v) is 8.23. The summed E-state index contributed by atoms with van der Waals surface area (Å²) in [6.45, 7) is 0. The van der Waals surface area contributed by atoms with Crippen LogP contribution in [-0.4, -0.2) is 45.7 Å². The summed E-state index contributed by atoms with van der Waals surface area (Å²) < 4.78 is 39.7. The van der Waals surface area contributed by atoms with Gasteiger partial charge in [-0.25, -0.2) is 8.42 Å². The van der Waals surface area contributed by atoms with Gasteiger partial charge in [-0.3, -0.25) is 4.72 Å². The number of benzene rings is 1. The van der Waals surface area contributed by atoms with Crippen LogP contribution in [0.2, 0.25) is 0 Å². The second-order valence-corrected chi connectivity index (χ2v) is 10.2. The van der Waals surface area contributed by atoms with Gasteiger partial charge in [0, 0.05) is 17.7 Å². The third-order valence-electron chi connectivity index (χ3n) is 5.28. The highest BCUT2D eigenvalue weighted by molar-refractivity contribution is 7.94. The molecule has 0 aliphatic heterocycles. The molecule has 0 spiro atoms. The van der Waals surface area contributed by atoms with Crippen molar-refractivity contribution in [3.05, 3.63) is 47.7 Å². The van der Waals surface area contributed by atoms with Crippen molar-refractivity contribution in [2.45, 2.75) is 29.5 Å². The van der Waals surface area contributed by atoms with E-state index in [-0.39, 0.29) is 4.21 Å². The van der Waals surface area contributed by atoms with Crippen molar-refractivity contribution in [3.8, 4) is 16.4 Å². The number of rotatable bonds is 6. The van der Waals surface area contributed by atoms with Crippen LogP contribution in [-0.2, 0) is 22.9 Å². The summed E-state index contributed by atoms with van der Waals surface area (Å²) in [5.74, 6) is 1.35. The van der Waals surface area contributed by atoms with Crippen LogP contribution in [0, 0.1) is 0 Å². The molecule has 0 fully saturated rings. The zero-order valence-electron chi connectivity index (χ0n) is 16.5. The van der Waals surface area contributed by atoms with Gasteiger partial charge in [-0.05, 0) is 63.2 Å². The van der Waals surface area contributed by atoms with Gasteiger partial charge in [-0.1, -0.05) is 5.16 Å². The van der Waals surface area contributed by atoms with E-state index in [1.807, 2.05) is 6.07 Å². The maximum atomic E-state index is 13.0. The van der Waals surface area contributed by atoms with Crippen molar-refractivity contribution < 1.29 is 17.7 Å². The zero-order valence-corrected chi connectivity index (χ0v) is 18.1. The number of aromatic nitrogens is 1. The van der Waals surface area contributed by atoms with E-state index >= 15 is 0 Å². The molecule has 1 N–H and O–H groups in total. The number of nitrogens with zero attached hydrogens (tertiary/aromatic N) is 2. The van der Waals surface area contributed by atoms with Crippen molar-refractivity contribution in [1.82, 2.24) is 10.1 Å². The van der Waals surface area contributed by atoms with Gasteiger partial charge in [0.1, 0.15) is 9.96 Å². The predicted octanol–water partition coefficient (Wildman–Crippen LogP) is 3.63. The lowest BCUT2D eigenvalue weighted by Gasteiger charge is -2.32. The van der Waals surface area contributed by atoms with Crippen LogP contribution in [0.1, 0.15) is 17.5 Å². The molecule has 0 bridgehead atoms. The highest BCUT2D eigenvalue weighted by Crippen LogP contribution is 2.38. The number of nitrogens with one attached hydrogen (secondary N) is 1. The van der Waals surface area contributed by atoms with Gasteiger partial charge >= 0.3 is 0 Å². The van der Waals surface area contributed by atoms with Gasteiger partial charge in [-0.15, -0.1) is 11.3 Å². The lowest BCUT2D eigenvalue weighted by Crippen LogP contribution is -2.34. The lowest BCUT2D eigenvalue weighted by molar-refractivity contribution is 0.265. The van der Waals surface area contributed by atoms with E-state index in [1.54, 1.807) is 31.4 Å². The van der Waals surface area contributed by atoms with Gasteiger partial charge in [0.05, 0.1) is 23.9 Å². The molecule has 1 aliphatic carbocycles. The average molecular weight is 434 g/mol. The van der Waals surface area contributed by atoms with Gasteiger partial charge in [0.2, 0.25) is 0 Å². The van der Waals surface area contributed by atoms with Crippen molar-refractivity contribution >= 4 is 27.0 Å². The Balaban J connectivity index is 1.65. The van der Waals surface area contributed by atoms with Gasteiger partial charge in [0.25, 0.3) is 10.0 Å². The molecule has 1 atom stereocenters. The molecule has 2 heterocycles. The highest BCUT2D eigenvalue weighted by atomic mass is 32.2. The van der Waals surface area contributed by atoms with Crippen LogP contribution in [0.5, 0.6) is 5.75 Å². The molecule has 9 heteroatoms. The summed E-state index contributed by atoms with van der Waals surface area (Å²) in [5.41, 5.74) is 2.71. The lowest BCUT2D eigenvalue weighted by atomic mass is 9.86. The summed E-state index contributed by atoms with van der Waals surface area (Å²) in [7, 11) is 2.07.